The normalized spacial score (nSPS) is 10.4. The Morgan fingerprint density at radius 2 is 2.00 bits per heavy atom. The minimum atomic E-state index is -0.519. The molecule has 1 aromatic heterocycles. The van der Waals surface area contributed by atoms with E-state index >= 15 is 0 Å². The van der Waals surface area contributed by atoms with Gasteiger partial charge < -0.3 is 18.7 Å². The van der Waals surface area contributed by atoms with Crippen LogP contribution in [-0.2, 0) is 16.1 Å². The van der Waals surface area contributed by atoms with E-state index in [0.29, 0.717) is 17.3 Å². The summed E-state index contributed by atoms with van der Waals surface area (Å²) in [5, 5.41) is 3.88. The maximum Gasteiger partial charge on any atom is 0.344 e. The quantitative estimate of drug-likeness (QED) is 0.603. The average molecular weight is 354 g/mol. The fourth-order valence-corrected chi connectivity index (χ4v) is 2.23. The highest BCUT2D eigenvalue weighted by molar-refractivity contribution is 5.71. The lowest BCUT2D eigenvalue weighted by Crippen LogP contribution is -2.15. The highest BCUT2D eigenvalue weighted by atomic mass is 16.6. The van der Waals surface area contributed by atoms with Crippen LogP contribution in [0.4, 0.5) is 0 Å². The van der Waals surface area contributed by atoms with E-state index in [1.807, 2.05) is 43.3 Å². The monoisotopic (exact) mass is 354 g/mol. The van der Waals surface area contributed by atoms with Crippen LogP contribution in [0.1, 0.15) is 11.5 Å². The molecule has 0 saturated carbocycles. The Hall–Kier alpha value is -3.35. The Bertz CT molecular complexity index is 891. The van der Waals surface area contributed by atoms with Crippen molar-refractivity contribution in [1.82, 2.24) is 10.1 Å². The van der Waals surface area contributed by atoms with E-state index in [1.54, 1.807) is 19.2 Å². The summed E-state index contributed by atoms with van der Waals surface area (Å²) in [6.45, 7) is 1.59. The number of hydrogen-bond donors (Lipinski definition) is 0. The molecule has 0 aliphatic rings. The van der Waals surface area contributed by atoms with Crippen LogP contribution in [0, 0.1) is 6.92 Å². The third-order valence-corrected chi connectivity index (χ3v) is 3.59. The van der Waals surface area contributed by atoms with Crippen LogP contribution >= 0.6 is 0 Å². The molecule has 0 bridgehead atoms. The summed E-state index contributed by atoms with van der Waals surface area (Å²) in [4.78, 5) is 16.0. The Kier molecular flexibility index (Phi) is 5.48. The van der Waals surface area contributed by atoms with E-state index in [4.69, 9.17) is 18.7 Å². The van der Waals surface area contributed by atoms with Gasteiger partial charge >= 0.3 is 5.97 Å². The zero-order valence-corrected chi connectivity index (χ0v) is 14.5. The van der Waals surface area contributed by atoms with Crippen molar-refractivity contribution in [2.75, 3.05) is 13.7 Å². The molecule has 0 N–H and O–H groups in total. The predicted molar refractivity (Wildman–Crippen MR) is 92.8 cm³/mol. The molecule has 3 aromatic rings. The molecule has 0 atom stereocenters. The minimum absolute atomic E-state index is 0.118. The molecule has 0 aliphatic carbocycles. The lowest BCUT2D eigenvalue weighted by Gasteiger charge is -2.07. The average Bonchev–Trinajstić information content (AvgIpc) is 3.15. The first-order valence-corrected chi connectivity index (χ1v) is 7.97. The Morgan fingerprint density at radius 3 is 2.81 bits per heavy atom. The van der Waals surface area contributed by atoms with Crippen molar-refractivity contribution < 1.29 is 23.5 Å². The zero-order valence-electron chi connectivity index (χ0n) is 14.5. The van der Waals surface area contributed by atoms with Gasteiger partial charge in [0.05, 0.1) is 7.11 Å². The number of para-hydroxylation sites is 1. The van der Waals surface area contributed by atoms with Gasteiger partial charge in [0.15, 0.2) is 13.2 Å². The van der Waals surface area contributed by atoms with Gasteiger partial charge in [-0.2, -0.15) is 4.98 Å². The first-order valence-electron chi connectivity index (χ1n) is 7.97. The smallest absolute Gasteiger partial charge is 0.344 e. The van der Waals surface area contributed by atoms with Gasteiger partial charge in [-0.1, -0.05) is 35.5 Å². The molecule has 7 nitrogen and oxygen atoms in total. The van der Waals surface area contributed by atoms with Crippen LogP contribution in [-0.4, -0.2) is 29.8 Å². The standard InChI is InChI=1S/C19H18N2O5/c1-13-6-3-4-9-16(13)24-12-18(22)25-11-17-20-19(21-26-17)14-7-5-8-15(10-14)23-2/h3-10H,11-12H2,1-2H3. The molecule has 134 valence electrons. The molecule has 1 heterocycles. The minimum Gasteiger partial charge on any atom is -0.497 e. The molecule has 3 rings (SSSR count). The molecule has 26 heavy (non-hydrogen) atoms. The molecule has 2 aromatic carbocycles. The molecule has 0 spiro atoms. The molecule has 0 unspecified atom stereocenters. The number of aromatic nitrogens is 2. The van der Waals surface area contributed by atoms with Crippen molar-refractivity contribution in [1.29, 1.82) is 0 Å². The fourth-order valence-electron chi connectivity index (χ4n) is 2.23. The Morgan fingerprint density at radius 1 is 1.15 bits per heavy atom. The van der Waals surface area contributed by atoms with E-state index in [-0.39, 0.29) is 19.1 Å². The first-order chi connectivity index (χ1) is 12.7. The summed E-state index contributed by atoms with van der Waals surface area (Å²) in [5.41, 5.74) is 1.69. The number of esters is 1. The van der Waals surface area contributed by atoms with Crippen molar-refractivity contribution in [3.05, 3.63) is 60.0 Å². The predicted octanol–water partition coefficient (Wildman–Crippen LogP) is 3.18. The number of ether oxygens (including phenoxy) is 3. The maximum atomic E-state index is 11.8. The van der Waals surface area contributed by atoms with Gasteiger partial charge in [-0.3, -0.25) is 0 Å². The van der Waals surface area contributed by atoms with Gasteiger partial charge in [-0.05, 0) is 30.7 Å². The van der Waals surface area contributed by atoms with E-state index in [9.17, 15) is 4.79 Å². The number of nitrogens with zero attached hydrogens (tertiary/aromatic N) is 2. The van der Waals surface area contributed by atoms with Crippen molar-refractivity contribution >= 4 is 5.97 Å². The number of aryl methyl sites for hydroxylation is 1. The number of carbonyl (C=O) groups is 1. The summed E-state index contributed by atoms with van der Waals surface area (Å²) >= 11 is 0. The van der Waals surface area contributed by atoms with Crippen LogP contribution in [0.5, 0.6) is 11.5 Å². The molecule has 0 fully saturated rings. The van der Waals surface area contributed by atoms with Crippen LogP contribution in [0.25, 0.3) is 11.4 Å². The number of hydrogen-bond acceptors (Lipinski definition) is 7. The molecular formula is C19H18N2O5. The van der Waals surface area contributed by atoms with Gasteiger partial charge in [-0.25, -0.2) is 4.79 Å². The summed E-state index contributed by atoms with van der Waals surface area (Å²) in [7, 11) is 1.58. The molecule has 7 heteroatoms. The highest BCUT2D eigenvalue weighted by Gasteiger charge is 2.12. The SMILES string of the molecule is COc1cccc(-c2noc(COC(=O)COc3ccccc3C)n2)c1. The zero-order chi connectivity index (χ0) is 18.4. The van der Waals surface area contributed by atoms with Crippen LogP contribution < -0.4 is 9.47 Å². The van der Waals surface area contributed by atoms with Crippen molar-refractivity contribution in [2.45, 2.75) is 13.5 Å². The topological polar surface area (TPSA) is 83.7 Å². The van der Waals surface area contributed by atoms with E-state index in [0.717, 1.165) is 11.1 Å². The second-order valence-corrected chi connectivity index (χ2v) is 5.46. The maximum absolute atomic E-state index is 11.8. The molecule has 0 radical (unpaired) electrons. The van der Waals surface area contributed by atoms with E-state index in [2.05, 4.69) is 10.1 Å². The molecular weight excluding hydrogens is 336 g/mol. The van der Waals surface area contributed by atoms with Crippen LogP contribution in [0.2, 0.25) is 0 Å². The summed E-state index contributed by atoms with van der Waals surface area (Å²) in [6, 6.07) is 14.7. The van der Waals surface area contributed by atoms with Crippen molar-refractivity contribution in [2.24, 2.45) is 0 Å². The van der Waals surface area contributed by atoms with Crippen LogP contribution in [0.15, 0.2) is 53.1 Å². The van der Waals surface area contributed by atoms with Gasteiger partial charge in [0.25, 0.3) is 5.89 Å². The van der Waals surface area contributed by atoms with Gasteiger partial charge in [-0.15, -0.1) is 0 Å². The number of benzene rings is 2. The van der Waals surface area contributed by atoms with Crippen molar-refractivity contribution in [3.63, 3.8) is 0 Å². The fraction of sp³-hybridized carbons (Fsp3) is 0.211. The van der Waals surface area contributed by atoms with E-state index < -0.39 is 5.97 Å². The van der Waals surface area contributed by atoms with Crippen molar-refractivity contribution in [3.8, 4) is 22.9 Å². The highest BCUT2D eigenvalue weighted by Crippen LogP contribution is 2.21. The van der Waals surface area contributed by atoms with Gasteiger partial charge in [0.1, 0.15) is 11.5 Å². The van der Waals surface area contributed by atoms with Gasteiger partial charge in [0, 0.05) is 5.56 Å². The Balaban J connectivity index is 1.53. The number of methoxy groups -OCH3 is 1. The lowest BCUT2D eigenvalue weighted by atomic mass is 10.2. The summed E-state index contributed by atoms with van der Waals surface area (Å²) in [5.74, 6) is 1.41. The summed E-state index contributed by atoms with van der Waals surface area (Å²) < 4.78 is 20.8. The number of rotatable bonds is 7. The second kappa shape index (κ2) is 8.15. The molecule has 0 amide bonds. The first kappa shape index (κ1) is 17.5. The van der Waals surface area contributed by atoms with E-state index in [1.165, 1.54) is 0 Å². The third-order valence-electron chi connectivity index (χ3n) is 3.59. The Labute approximate surface area is 150 Å². The van der Waals surface area contributed by atoms with Gasteiger partial charge in [0.2, 0.25) is 5.82 Å². The summed E-state index contributed by atoms with van der Waals surface area (Å²) in [6.07, 6.45) is 0. The molecule has 0 aliphatic heterocycles. The lowest BCUT2D eigenvalue weighted by molar-refractivity contribution is -0.148. The largest absolute Gasteiger partial charge is 0.497 e. The second-order valence-electron chi connectivity index (χ2n) is 5.46. The molecule has 0 saturated heterocycles. The van der Waals surface area contributed by atoms with Crippen LogP contribution in [0.3, 0.4) is 0 Å². The number of carbonyl (C=O) groups excluding carboxylic acids is 1. The third kappa shape index (κ3) is 4.38.